The van der Waals surface area contributed by atoms with Gasteiger partial charge >= 0.3 is 0 Å². The Labute approximate surface area is 225 Å². The van der Waals surface area contributed by atoms with Gasteiger partial charge in [-0.15, -0.1) is 11.3 Å². The van der Waals surface area contributed by atoms with Gasteiger partial charge in [-0.1, -0.05) is 0 Å². The number of rotatable bonds is 8. The molecule has 1 aliphatic heterocycles. The Hall–Kier alpha value is -4.05. The number of nitrogens with zero attached hydrogens (tertiary/aromatic N) is 6. The molecule has 0 aliphatic carbocycles. The predicted molar refractivity (Wildman–Crippen MR) is 146 cm³/mol. The fourth-order valence-corrected chi connectivity index (χ4v) is 6.05. The SMILES string of the molecule is CCOc1ccc(S(=O)(=O)N2CCN(c3nc(Nc4ccc(C#N)cc4)cc(-c4nccs4)n3)CC2)cc1. The van der Waals surface area contributed by atoms with Crippen LogP contribution >= 0.6 is 11.3 Å². The summed E-state index contributed by atoms with van der Waals surface area (Å²) in [6.07, 6.45) is 1.72. The van der Waals surface area contributed by atoms with Crippen LogP contribution in [0.25, 0.3) is 10.7 Å². The zero-order chi connectivity index (χ0) is 26.5. The van der Waals surface area contributed by atoms with Gasteiger partial charge in [0.15, 0.2) is 0 Å². The van der Waals surface area contributed by atoms with Crippen LogP contribution in [0.2, 0.25) is 0 Å². The molecule has 0 spiro atoms. The summed E-state index contributed by atoms with van der Waals surface area (Å²) in [6.45, 7) is 3.89. The molecule has 3 heterocycles. The van der Waals surface area contributed by atoms with E-state index >= 15 is 0 Å². The second-order valence-corrected chi connectivity index (χ2v) is 11.2. The van der Waals surface area contributed by atoms with Crippen molar-refractivity contribution in [2.45, 2.75) is 11.8 Å². The largest absolute Gasteiger partial charge is 0.494 e. The average Bonchev–Trinajstić information content (AvgIpc) is 3.49. The summed E-state index contributed by atoms with van der Waals surface area (Å²) in [5.41, 5.74) is 2.02. The Morgan fingerprint density at radius 3 is 2.42 bits per heavy atom. The number of benzene rings is 2. The maximum atomic E-state index is 13.2. The summed E-state index contributed by atoms with van der Waals surface area (Å²) in [4.78, 5) is 16.1. The van der Waals surface area contributed by atoms with Crippen molar-refractivity contribution in [1.29, 1.82) is 5.26 Å². The van der Waals surface area contributed by atoms with Crippen molar-refractivity contribution < 1.29 is 13.2 Å². The fourth-order valence-electron chi connectivity index (χ4n) is 4.03. The highest BCUT2D eigenvalue weighted by Gasteiger charge is 2.29. The fraction of sp³-hybridized carbons (Fsp3) is 0.231. The van der Waals surface area contributed by atoms with Crippen molar-refractivity contribution in [1.82, 2.24) is 19.3 Å². The van der Waals surface area contributed by atoms with Crippen LogP contribution in [-0.2, 0) is 10.0 Å². The molecule has 2 aromatic heterocycles. The van der Waals surface area contributed by atoms with E-state index in [1.165, 1.54) is 15.6 Å². The number of anilines is 3. The van der Waals surface area contributed by atoms with Gasteiger partial charge in [0.25, 0.3) is 0 Å². The molecule has 5 rings (SSSR count). The molecule has 0 bridgehead atoms. The summed E-state index contributed by atoms with van der Waals surface area (Å²) >= 11 is 1.48. The zero-order valence-corrected chi connectivity index (χ0v) is 22.2. The molecule has 1 aliphatic rings. The van der Waals surface area contributed by atoms with Gasteiger partial charge in [-0.3, -0.25) is 0 Å². The Morgan fingerprint density at radius 1 is 1.05 bits per heavy atom. The molecule has 1 fully saturated rings. The van der Waals surface area contributed by atoms with Crippen molar-refractivity contribution >= 4 is 38.8 Å². The molecule has 12 heteroatoms. The molecule has 194 valence electrons. The molecule has 4 aromatic rings. The van der Waals surface area contributed by atoms with E-state index in [0.29, 0.717) is 61.6 Å². The van der Waals surface area contributed by atoms with Crippen molar-refractivity contribution in [2.24, 2.45) is 0 Å². The normalized spacial score (nSPS) is 14.2. The second-order valence-electron chi connectivity index (χ2n) is 8.39. The zero-order valence-electron chi connectivity index (χ0n) is 20.6. The molecule has 10 nitrogen and oxygen atoms in total. The van der Waals surface area contributed by atoms with Crippen molar-refractivity contribution in [3.8, 4) is 22.5 Å². The number of thiazole rings is 1. The number of piperazine rings is 1. The number of ether oxygens (including phenoxy) is 1. The van der Waals surface area contributed by atoms with E-state index in [0.717, 1.165) is 10.7 Å². The van der Waals surface area contributed by atoms with Gasteiger partial charge in [-0.2, -0.15) is 14.6 Å². The van der Waals surface area contributed by atoms with Gasteiger partial charge in [-0.05, 0) is 55.5 Å². The van der Waals surface area contributed by atoms with Crippen LogP contribution in [0, 0.1) is 11.3 Å². The van der Waals surface area contributed by atoms with Gasteiger partial charge in [0.05, 0.1) is 23.1 Å². The topological polar surface area (TPSA) is 124 Å². The first kappa shape index (κ1) is 25.6. The number of nitrogens with one attached hydrogen (secondary N) is 1. The van der Waals surface area contributed by atoms with E-state index in [1.807, 2.05) is 35.4 Å². The third-order valence-electron chi connectivity index (χ3n) is 5.95. The lowest BCUT2D eigenvalue weighted by Crippen LogP contribution is -2.49. The minimum Gasteiger partial charge on any atom is -0.494 e. The molecule has 1 saturated heterocycles. The van der Waals surface area contributed by atoms with Crippen LogP contribution in [0.5, 0.6) is 5.75 Å². The van der Waals surface area contributed by atoms with Gasteiger partial charge < -0.3 is 15.0 Å². The summed E-state index contributed by atoms with van der Waals surface area (Å²) < 4.78 is 33.3. The lowest BCUT2D eigenvalue weighted by Gasteiger charge is -2.34. The van der Waals surface area contributed by atoms with Crippen LogP contribution in [0.15, 0.2) is 71.1 Å². The maximum Gasteiger partial charge on any atom is 0.243 e. The molecule has 0 atom stereocenters. The Bertz CT molecular complexity index is 1530. The number of sulfonamides is 1. The lowest BCUT2D eigenvalue weighted by molar-refractivity contribution is 0.340. The number of hydrogen-bond acceptors (Lipinski definition) is 10. The molecule has 2 aromatic carbocycles. The molecule has 0 radical (unpaired) electrons. The first-order chi connectivity index (χ1) is 18.5. The van der Waals surface area contributed by atoms with E-state index < -0.39 is 10.0 Å². The van der Waals surface area contributed by atoms with E-state index in [-0.39, 0.29) is 4.90 Å². The van der Waals surface area contributed by atoms with Gasteiger partial charge in [0.2, 0.25) is 16.0 Å². The summed E-state index contributed by atoms with van der Waals surface area (Å²) in [5, 5.41) is 15.0. The van der Waals surface area contributed by atoms with Gasteiger partial charge in [0.1, 0.15) is 22.3 Å². The van der Waals surface area contributed by atoms with Crippen LogP contribution in [0.3, 0.4) is 0 Å². The molecular formula is C26H25N7O3S2. The molecule has 0 unspecified atom stereocenters. The quantitative estimate of drug-likeness (QED) is 0.347. The Kier molecular flexibility index (Phi) is 7.50. The third kappa shape index (κ3) is 5.60. The summed E-state index contributed by atoms with van der Waals surface area (Å²) in [5.74, 6) is 1.71. The predicted octanol–water partition coefficient (Wildman–Crippen LogP) is 4.12. The van der Waals surface area contributed by atoms with Crippen LogP contribution in [0.1, 0.15) is 12.5 Å². The van der Waals surface area contributed by atoms with E-state index in [9.17, 15) is 8.42 Å². The van der Waals surface area contributed by atoms with Crippen LogP contribution < -0.4 is 15.0 Å². The summed E-state index contributed by atoms with van der Waals surface area (Å²) in [7, 11) is -3.63. The van der Waals surface area contributed by atoms with Gasteiger partial charge in [-0.25, -0.2) is 18.4 Å². The highest BCUT2D eigenvalue weighted by Crippen LogP contribution is 2.28. The second kappa shape index (κ2) is 11.1. The Morgan fingerprint density at radius 2 is 1.79 bits per heavy atom. The third-order valence-corrected chi connectivity index (χ3v) is 8.65. The van der Waals surface area contributed by atoms with Crippen molar-refractivity contribution in [3.63, 3.8) is 0 Å². The smallest absolute Gasteiger partial charge is 0.243 e. The van der Waals surface area contributed by atoms with Crippen LogP contribution in [0.4, 0.5) is 17.5 Å². The minimum atomic E-state index is -3.63. The van der Waals surface area contributed by atoms with E-state index in [1.54, 1.807) is 42.6 Å². The van der Waals surface area contributed by atoms with E-state index in [2.05, 4.69) is 16.4 Å². The van der Waals surface area contributed by atoms with E-state index in [4.69, 9.17) is 20.0 Å². The van der Waals surface area contributed by atoms with Crippen LogP contribution in [-0.4, -0.2) is 60.5 Å². The molecule has 1 N–H and O–H groups in total. The molecule has 38 heavy (non-hydrogen) atoms. The minimum absolute atomic E-state index is 0.241. The van der Waals surface area contributed by atoms with Gasteiger partial charge in [0, 0.05) is 49.5 Å². The highest BCUT2D eigenvalue weighted by atomic mass is 32.2. The molecular weight excluding hydrogens is 522 g/mol. The number of hydrogen-bond donors (Lipinski definition) is 1. The standard InChI is InChI=1S/C26H25N7O3S2/c1-2-36-21-7-9-22(10-8-21)38(34,35)33-14-12-32(13-15-33)26-30-23(25-28-11-16-37-25)17-24(31-26)29-20-5-3-19(18-27)4-6-20/h3-11,16-17H,2,12-15H2,1H3,(H,29,30,31). The number of aromatic nitrogens is 3. The van der Waals surface area contributed by atoms with Crippen molar-refractivity contribution in [3.05, 3.63) is 71.7 Å². The number of nitriles is 1. The molecule has 0 saturated carbocycles. The highest BCUT2D eigenvalue weighted by molar-refractivity contribution is 7.89. The summed E-state index contributed by atoms with van der Waals surface area (Å²) in [6, 6.07) is 17.5. The lowest BCUT2D eigenvalue weighted by atomic mass is 10.2. The monoisotopic (exact) mass is 547 g/mol. The molecule has 0 amide bonds. The first-order valence-electron chi connectivity index (χ1n) is 12.0. The van der Waals surface area contributed by atoms with Crippen molar-refractivity contribution in [2.75, 3.05) is 43.0 Å². The Balaban J connectivity index is 1.35. The maximum absolute atomic E-state index is 13.2. The first-order valence-corrected chi connectivity index (χ1v) is 14.3. The average molecular weight is 548 g/mol.